The van der Waals surface area contributed by atoms with Crippen molar-refractivity contribution in [3.63, 3.8) is 0 Å². The largest absolute Gasteiger partial charge is 0.493 e. The number of para-hydroxylation sites is 1. The van der Waals surface area contributed by atoms with Crippen LogP contribution in [-0.2, 0) is 6.61 Å². The number of benzene rings is 1. The number of pyridine rings is 1. The van der Waals surface area contributed by atoms with E-state index >= 15 is 0 Å². The van der Waals surface area contributed by atoms with Gasteiger partial charge >= 0.3 is 0 Å². The molecule has 1 N–H and O–H groups in total. The highest BCUT2D eigenvalue weighted by Crippen LogP contribution is 2.32. The number of hydrogen-bond donors (Lipinski definition) is 1. The van der Waals surface area contributed by atoms with Crippen molar-refractivity contribution >= 4 is 5.65 Å². The van der Waals surface area contributed by atoms with Crippen LogP contribution in [0.4, 0.5) is 0 Å². The van der Waals surface area contributed by atoms with Gasteiger partial charge in [-0.25, -0.2) is 4.98 Å². The summed E-state index contributed by atoms with van der Waals surface area (Å²) in [5, 5.41) is 9.81. The van der Waals surface area contributed by atoms with Gasteiger partial charge in [-0.3, -0.25) is 4.40 Å². The Morgan fingerprint density at radius 3 is 2.71 bits per heavy atom. The molecule has 108 valence electrons. The first-order valence-corrected chi connectivity index (χ1v) is 7.06. The Hall–Kier alpha value is -2.33. The average Bonchev–Trinajstić information content (AvgIpc) is 2.88. The summed E-state index contributed by atoms with van der Waals surface area (Å²) in [7, 11) is 0. The summed E-state index contributed by atoms with van der Waals surface area (Å²) in [6.07, 6.45) is 0. The van der Waals surface area contributed by atoms with Crippen molar-refractivity contribution in [3.8, 4) is 17.0 Å². The van der Waals surface area contributed by atoms with Crippen LogP contribution in [0.3, 0.4) is 0 Å². The van der Waals surface area contributed by atoms with E-state index in [0.717, 1.165) is 34.0 Å². The summed E-state index contributed by atoms with van der Waals surface area (Å²) in [6.45, 7) is 4.49. The second kappa shape index (κ2) is 5.58. The molecule has 0 fully saturated rings. The van der Waals surface area contributed by atoms with E-state index in [2.05, 4.69) is 4.98 Å². The first kappa shape index (κ1) is 13.6. The van der Waals surface area contributed by atoms with Crippen molar-refractivity contribution in [3.05, 3.63) is 53.9 Å². The molecule has 2 aromatic heterocycles. The van der Waals surface area contributed by atoms with Crippen LogP contribution >= 0.6 is 0 Å². The molecule has 0 amide bonds. The van der Waals surface area contributed by atoms with Crippen molar-refractivity contribution in [2.75, 3.05) is 6.61 Å². The van der Waals surface area contributed by atoms with Gasteiger partial charge in [0.1, 0.15) is 11.4 Å². The number of aliphatic hydroxyl groups is 1. The van der Waals surface area contributed by atoms with E-state index in [-0.39, 0.29) is 6.61 Å². The maximum absolute atomic E-state index is 9.81. The number of nitrogens with zero attached hydrogens (tertiary/aromatic N) is 2. The Morgan fingerprint density at radius 1 is 1.14 bits per heavy atom. The first-order chi connectivity index (χ1) is 10.3. The molecule has 4 nitrogen and oxygen atoms in total. The van der Waals surface area contributed by atoms with Crippen LogP contribution in [0.1, 0.15) is 18.3 Å². The smallest absolute Gasteiger partial charge is 0.137 e. The second-order valence-electron chi connectivity index (χ2n) is 4.86. The minimum absolute atomic E-state index is 0.0676. The minimum Gasteiger partial charge on any atom is -0.493 e. The maximum atomic E-state index is 9.81. The number of aliphatic hydroxyl groups excluding tert-OH is 1. The number of aromatic nitrogens is 2. The monoisotopic (exact) mass is 282 g/mol. The van der Waals surface area contributed by atoms with E-state index in [4.69, 9.17) is 4.74 Å². The molecule has 0 aliphatic heterocycles. The van der Waals surface area contributed by atoms with Gasteiger partial charge in [-0.15, -0.1) is 0 Å². The molecule has 0 saturated heterocycles. The number of fused-ring (bicyclic) bond motifs is 1. The molecule has 0 aliphatic carbocycles. The third-order valence-corrected chi connectivity index (χ3v) is 3.53. The molecule has 0 atom stereocenters. The summed E-state index contributed by atoms with van der Waals surface area (Å²) in [5.74, 6) is 0.788. The molecule has 3 aromatic rings. The molecule has 0 saturated carbocycles. The molecular weight excluding hydrogens is 264 g/mol. The Labute approximate surface area is 123 Å². The van der Waals surface area contributed by atoms with Gasteiger partial charge in [0.15, 0.2) is 0 Å². The van der Waals surface area contributed by atoms with Crippen LogP contribution in [0.15, 0.2) is 42.5 Å². The summed E-state index contributed by atoms with van der Waals surface area (Å²) in [4.78, 5) is 4.68. The van der Waals surface area contributed by atoms with E-state index in [0.29, 0.717) is 6.61 Å². The van der Waals surface area contributed by atoms with E-state index in [9.17, 15) is 5.11 Å². The van der Waals surface area contributed by atoms with E-state index < -0.39 is 0 Å². The lowest BCUT2D eigenvalue weighted by atomic mass is 10.1. The molecule has 0 spiro atoms. The van der Waals surface area contributed by atoms with Crippen molar-refractivity contribution in [2.24, 2.45) is 0 Å². The molecule has 0 aliphatic rings. The number of hydrogen-bond acceptors (Lipinski definition) is 3. The fourth-order valence-corrected chi connectivity index (χ4v) is 2.63. The molecule has 21 heavy (non-hydrogen) atoms. The van der Waals surface area contributed by atoms with Gasteiger partial charge in [0.25, 0.3) is 0 Å². The van der Waals surface area contributed by atoms with Crippen LogP contribution in [0.25, 0.3) is 16.9 Å². The van der Waals surface area contributed by atoms with Crippen molar-refractivity contribution in [2.45, 2.75) is 20.5 Å². The zero-order chi connectivity index (χ0) is 14.8. The van der Waals surface area contributed by atoms with Gasteiger partial charge in [-0.05, 0) is 38.1 Å². The molecule has 0 bridgehead atoms. The van der Waals surface area contributed by atoms with E-state index in [1.54, 1.807) is 0 Å². The number of imidazole rings is 1. The summed E-state index contributed by atoms with van der Waals surface area (Å²) in [6, 6.07) is 13.7. The molecule has 3 rings (SSSR count). The Balaban J connectivity index is 2.28. The Bertz CT molecular complexity index is 778. The number of rotatable bonds is 4. The zero-order valence-corrected chi connectivity index (χ0v) is 12.2. The van der Waals surface area contributed by atoms with Crippen molar-refractivity contribution < 1.29 is 9.84 Å². The van der Waals surface area contributed by atoms with Crippen LogP contribution < -0.4 is 4.74 Å². The summed E-state index contributed by atoms with van der Waals surface area (Å²) >= 11 is 0. The quantitative estimate of drug-likeness (QED) is 0.799. The zero-order valence-electron chi connectivity index (χ0n) is 12.2. The normalized spacial score (nSPS) is 11.0. The minimum atomic E-state index is -0.0676. The van der Waals surface area contributed by atoms with Crippen LogP contribution in [-0.4, -0.2) is 21.1 Å². The van der Waals surface area contributed by atoms with Crippen molar-refractivity contribution in [1.82, 2.24) is 9.38 Å². The first-order valence-electron chi connectivity index (χ1n) is 7.06. The lowest BCUT2D eigenvalue weighted by Crippen LogP contribution is -1.99. The number of aryl methyl sites for hydroxylation is 1. The number of ether oxygens (including phenoxy) is 1. The fourth-order valence-electron chi connectivity index (χ4n) is 2.63. The lowest BCUT2D eigenvalue weighted by molar-refractivity contribution is 0.276. The molecule has 0 unspecified atom stereocenters. The molecule has 2 heterocycles. The maximum Gasteiger partial charge on any atom is 0.137 e. The fraction of sp³-hybridized carbons (Fsp3) is 0.235. The predicted octanol–water partition coefficient (Wildman–Crippen LogP) is 3.20. The Kier molecular flexibility index (Phi) is 3.62. The lowest BCUT2D eigenvalue weighted by Gasteiger charge is -2.09. The van der Waals surface area contributed by atoms with Gasteiger partial charge in [0, 0.05) is 11.3 Å². The highest BCUT2D eigenvalue weighted by Gasteiger charge is 2.17. The highest BCUT2D eigenvalue weighted by molar-refractivity contribution is 5.72. The predicted molar refractivity (Wildman–Crippen MR) is 82.5 cm³/mol. The highest BCUT2D eigenvalue weighted by atomic mass is 16.5. The Morgan fingerprint density at radius 2 is 1.95 bits per heavy atom. The van der Waals surface area contributed by atoms with Crippen LogP contribution in [0.2, 0.25) is 0 Å². The third kappa shape index (κ3) is 2.28. The van der Waals surface area contributed by atoms with E-state index in [1.807, 2.05) is 60.7 Å². The molecule has 1 aromatic carbocycles. The van der Waals surface area contributed by atoms with Gasteiger partial charge in [-0.2, -0.15) is 0 Å². The van der Waals surface area contributed by atoms with E-state index in [1.165, 1.54) is 0 Å². The molecule has 4 heteroatoms. The van der Waals surface area contributed by atoms with Gasteiger partial charge in [0.05, 0.1) is 24.6 Å². The van der Waals surface area contributed by atoms with Gasteiger partial charge in [-0.1, -0.05) is 18.2 Å². The average molecular weight is 282 g/mol. The second-order valence-corrected chi connectivity index (χ2v) is 4.86. The molecule has 0 radical (unpaired) electrons. The standard InChI is InChI=1S/C17H18N2O2/c1-3-21-15-9-5-4-8-13(15)17-14(11-20)19-12(2)7-6-10-16(19)18-17/h4-10,20H,3,11H2,1-2H3. The van der Waals surface area contributed by atoms with Crippen LogP contribution in [0, 0.1) is 6.92 Å². The summed E-state index contributed by atoms with van der Waals surface area (Å²) < 4.78 is 7.67. The van der Waals surface area contributed by atoms with Crippen LogP contribution in [0.5, 0.6) is 5.75 Å². The molecular formula is C17H18N2O2. The summed E-state index contributed by atoms with van der Waals surface area (Å²) in [5.41, 5.74) is 4.35. The topological polar surface area (TPSA) is 46.8 Å². The van der Waals surface area contributed by atoms with Gasteiger partial charge in [0.2, 0.25) is 0 Å². The third-order valence-electron chi connectivity index (χ3n) is 3.53. The SMILES string of the molecule is CCOc1ccccc1-c1nc2cccc(C)n2c1CO. The van der Waals surface area contributed by atoms with Gasteiger partial charge < -0.3 is 9.84 Å². The van der Waals surface area contributed by atoms with Crippen molar-refractivity contribution in [1.29, 1.82) is 0 Å².